The van der Waals surface area contributed by atoms with Crippen LogP contribution in [0.2, 0.25) is 0 Å². The second kappa shape index (κ2) is 8.67. The molecule has 2 amide bonds. The highest BCUT2D eigenvalue weighted by Gasteiger charge is 2.28. The zero-order valence-corrected chi connectivity index (χ0v) is 14.9. The quantitative estimate of drug-likeness (QED) is 0.666. The zero-order valence-electron chi connectivity index (χ0n) is 13.3. The summed E-state index contributed by atoms with van der Waals surface area (Å²) in [6.45, 7) is 4.88. The van der Waals surface area contributed by atoms with Crippen molar-refractivity contribution in [1.29, 1.82) is 0 Å². The third-order valence-corrected chi connectivity index (χ3v) is 3.80. The van der Waals surface area contributed by atoms with Crippen LogP contribution in [0.1, 0.15) is 26.3 Å². The molecule has 0 aliphatic rings. The largest absolute Gasteiger partial charge is 0.480 e. The predicted octanol–water partition coefficient (Wildman–Crippen LogP) is 1.72. The van der Waals surface area contributed by atoms with Crippen LogP contribution in [0.5, 0.6) is 0 Å². The highest BCUT2D eigenvalue weighted by atomic mass is 79.9. The van der Waals surface area contributed by atoms with Gasteiger partial charge in [-0.1, -0.05) is 41.9 Å². The second-order valence-electron chi connectivity index (χ2n) is 5.65. The number of hydrogen-bond acceptors (Lipinski definition) is 3. The first-order valence-electron chi connectivity index (χ1n) is 7.25. The van der Waals surface area contributed by atoms with Crippen molar-refractivity contribution in [2.75, 3.05) is 0 Å². The Labute approximate surface area is 143 Å². The molecule has 1 rings (SSSR count). The summed E-state index contributed by atoms with van der Waals surface area (Å²) in [6, 6.07) is 5.38. The van der Waals surface area contributed by atoms with Crippen molar-refractivity contribution in [2.45, 2.75) is 39.3 Å². The molecule has 0 aromatic heterocycles. The average molecular weight is 385 g/mol. The van der Waals surface area contributed by atoms with Gasteiger partial charge in [0.15, 0.2) is 0 Å². The molecule has 1 aromatic rings. The molecule has 126 valence electrons. The van der Waals surface area contributed by atoms with Crippen molar-refractivity contribution in [3.8, 4) is 0 Å². The van der Waals surface area contributed by atoms with Gasteiger partial charge in [-0.25, -0.2) is 4.79 Å². The van der Waals surface area contributed by atoms with E-state index in [1.165, 1.54) is 6.92 Å². The van der Waals surface area contributed by atoms with Gasteiger partial charge in [-0.05, 0) is 23.6 Å². The summed E-state index contributed by atoms with van der Waals surface area (Å²) in [7, 11) is 0. The van der Waals surface area contributed by atoms with Crippen LogP contribution in [0.3, 0.4) is 0 Å². The van der Waals surface area contributed by atoms with E-state index in [0.29, 0.717) is 0 Å². The number of nitrogens with one attached hydrogen (secondary N) is 2. The van der Waals surface area contributed by atoms with Gasteiger partial charge in [0.05, 0.1) is 0 Å². The van der Waals surface area contributed by atoms with E-state index in [0.717, 1.165) is 10.0 Å². The fraction of sp³-hybridized carbons (Fsp3) is 0.438. The number of amides is 2. The number of aliphatic carboxylic acids is 1. The third kappa shape index (κ3) is 6.40. The van der Waals surface area contributed by atoms with E-state index >= 15 is 0 Å². The van der Waals surface area contributed by atoms with Crippen molar-refractivity contribution in [1.82, 2.24) is 10.6 Å². The molecule has 2 atom stereocenters. The van der Waals surface area contributed by atoms with E-state index < -0.39 is 24.0 Å². The normalized spacial score (nSPS) is 13.3. The maximum absolute atomic E-state index is 12.3. The van der Waals surface area contributed by atoms with Crippen LogP contribution in [-0.2, 0) is 20.8 Å². The zero-order chi connectivity index (χ0) is 17.6. The van der Waals surface area contributed by atoms with Gasteiger partial charge >= 0.3 is 5.97 Å². The van der Waals surface area contributed by atoms with Crippen LogP contribution in [0.25, 0.3) is 0 Å². The molecule has 0 aliphatic heterocycles. The first-order valence-corrected chi connectivity index (χ1v) is 8.04. The third-order valence-electron chi connectivity index (χ3n) is 3.28. The van der Waals surface area contributed by atoms with Crippen molar-refractivity contribution >= 4 is 33.7 Å². The minimum absolute atomic E-state index is 0.152. The molecule has 0 saturated heterocycles. The first kappa shape index (κ1) is 19.2. The molecular weight excluding hydrogens is 364 g/mol. The van der Waals surface area contributed by atoms with Gasteiger partial charge in [0, 0.05) is 17.8 Å². The molecule has 1 aromatic carbocycles. The maximum Gasteiger partial charge on any atom is 0.326 e. The lowest BCUT2D eigenvalue weighted by Crippen LogP contribution is -2.53. The van der Waals surface area contributed by atoms with Crippen LogP contribution < -0.4 is 10.6 Å². The van der Waals surface area contributed by atoms with Gasteiger partial charge in [-0.15, -0.1) is 0 Å². The molecule has 6 nitrogen and oxygen atoms in total. The van der Waals surface area contributed by atoms with Crippen molar-refractivity contribution in [2.24, 2.45) is 5.92 Å². The van der Waals surface area contributed by atoms with Gasteiger partial charge in [0.25, 0.3) is 0 Å². The number of hydrogen-bond donors (Lipinski definition) is 3. The highest BCUT2D eigenvalue weighted by molar-refractivity contribution is 9.10. The van der Waals surface area contributed by atoms with Gasteiger partial charge in [-0.3, -0.25) is 9.59 Å². The summed E-state index contributed by atoms with van der Waals surface area (Å²) in [5.41, 5.74) is 0.793. The van der Waals surface area contributed by atoms with Crippen LogP contribution in [0, 0.1) is 5.92 Å². The predicted molar refractivity (Wildman–Crippen MR) is 89.9 cm³/mol. The second-order valence-corrected chi connectivity index (χ2v) is 6.57. The minimum Gasteiger partial charge on any atom is -0.480 e. The number of benzene rings is 1. The first-order chi connectivity index (χ1) is 10.7. The topological polar surface area (TPSA) is 95.5 Å². The van der Waals surface area contributed by atoms with E-state index in [1.807, 2.05) is 12.1 Å². The maximum atomic E-state index is 12.3. The fourth-order valence-electron chi connectivity index (χ4n) is 2.07. The average Bonchev–Trinajstić information content (AvgIpc) is 2.45. The molecule has 0 radical (unpaired) electrons. The molecule has 0 unspecified atom stereocenters. The van der Waals surface area contributed by atoms with E-state index in [9.17, 15) is 19.5 Å². The number of carboxylic acid groups (broad SMARTS) is 1. The summed E-state index contributed by atoms with van der Waals surface area (Å²) in [4.78, 5) is 34.9. The SMILES string of the molecule is CC(=O)N[C@@H](C(=O)N[C@H](Cc1ccc(Br)cc1)C(=O)O)C(C)C. The Balaban J connectivity index is 2.81. The van der Waals surface area contributed by atoms with Gasteiger partial charge in [0.1, 0.15) is 12.1 Å². The summed E-state index contributed by atoms with van der Waals surface area (Å²) in [6.07, 6.45) is 0.166. The van der Waals surface area contributed by atoms with Gasteiger partial charge in [-0.2, -0.15) is 0 Å². The van der Waals surface area contributed by atoms with Gasteiger partial charge < -0.3 is 15.7 Å². The molecular formula is C16H21BrN2O4. The summed E-state index contributed by atoms with van der Waals surface area (Å²) in [5, 5.41) is 14.4. The van der Waals surface area contributed by atoms with Crippen molar-refractivity contribution in [3.63, 3.8) is 0 Å². The molecule has 23 heavy (non-hydrogen) atoms. The van der Waals surface area contributed by atoms with Crippen LogP contribution in [0.4, 0.5) is 0 Å². The number of carbonyl (C=O) groups is 3. The Hall–Kier alpha value is -1.89. The lowest BCUT2D eigenvalue weighted by molar-refractivity contribution is -0.142. The lowest BCUT2D eigenvalue weighted by atomic mass is 10.0. The Morgan fingerprint density at radius 2 is 1.70 bits per heavy atom. The van der Waals surface area contributed by atoms with E-state index in [4.69, 9.17) is 0 Å². The number of carboxylic acids is 1. The standard InChI is InChI=1S/C16H21BrN2O4/c1-9(2)14(18-10(3)20)15(21)19-13(16(22)23)8-11-4-6-12(17)7-5-11/h4-7,9,13-14H,8H2,1-3H3,(H,18,20)(H,19,21)(H,22,23)/t13-,14-/m1/s1. The van der Waals surface area contributed by atoms with E-state index in [1.54, 1.807) is 26.0 Å². The smallest absolute Gasteiger partial charge is 0.326 e. The number of halogens is 1. The molecule has 3 N–H and O–H groups in total. The van der Waals surface area contributed by atoms with Crippen LogP contribution in [-0.4, -0.2) is 35.0 Å². The summed E-state index contributed by atoms with van der Waals surface area (Å²) < 4.78 is 0.891. The molecule has 7 heteroatoms. The molecule has 0 aliphatic carbocycles. The van der Waals surface area contributed by atoms with Crippen molar-refractivity contribution in [3.05, 3.63) is 34.3 Å². The van der Waals surface area contributed by atoms with E-state index in [2.05, 4.69) is 26.6 Å². The number of rotatable bonds is 7. The van der Waals surface area contributed by atoms with Gasteiger partial charge in [0.2, 0.25) is 11.8 Å². The summed E-state index contributed by atoms with van der Waals surface area (Å²) in [5.74, 6) is -2.11. The fourth-order valence-corrected chi connectivity index (χ4v) is 2.34. The van der Waals surface area contributed by atoms with Crippen molar-refractivity contribution < 1.29 is 19.5 Å². The molecule has 0 spiro atoms. The highest BCUT2D eigenvalue weighted by Crippen LogP contribution is 2.12. The minimum atomic E-state index is -1.12. The van der Waals surface area contributed by atoms with Crippen LogP contribution >= 0.6 is 15.9 Å². The molecule has 0 bridgehead atoms. The Kier molecular flexibility index (Phi) is 7.22. The number of carbonyl (C=O) groups excluding carboxylic acids is 2. The lowest BCUT2D eigenvalue weighted by Gasteiger charge is -2.23. The molecule has 0 heterocycles. The molecule has 0 saturated carbocycles. The Bertz CT molecular complexity index is 572. The molecule has 0 fully saturated rings. The Morgan fingerprint density at radius 1 is 1.13 bits per heavy atom. The Morgan fingerprint density at radius 3 is 2.13 bits per heavy atom. The van der Waals surface area contributed by atoms with Crippen LogP contribution in [0.15, 0.2) is 28.7 Å². The van der Waals surface area contributed by atoms with E-state index in [-0.39, 0.29) is 18.2 Å². The summed E-state index contributed by atoms with van der Waals surface area (Å²) >= 11 is 3.31. The monoisotopic (exact) mass is 384 g/mol.